The van der Waals surface area contributed by atoms with Gasteiger partial charge in [-0.15, -0.1) is 0 Å². The molecule has 4 heteroatoms. The van der Waals surface area contributed by atoms with Gasteiger partial charge in [0.2, 0.25) is 0 Å². The predicted octanol–water partition coefficient (Wildman–Crippen LogP) is 12.4. The molecule has 0 fully saturated rings. The standard InChI is InChI=1S/C47H29N3O/c1-2-9-30(10-3-1)38-25-26-40-43(29-38)51-42-16-8-15-41(44(40)42)47-49-45(48-46(50-47)39-24-20-32-12-5-7-14-36(32)28-39)34-21-17-33(18-22-34)37-23-19-31-11-4-6-13-35(31)27-37/h1-29H. The van der Waals surface area contributed by atoms with Crippen molar-refractivity contribution in [3.8, 4) is 56.4 Å². The van der Waals surface area contributed by atoms with Gasteiger partial charge < -0.3 is 4.42 Å². The Morgan fingerprint density at radius 1 is 0.314 bits per heavy atom. The van der Waals surface area contributed by atoms with Crippen molar-refractivity contribution in [1.29, 1.82) is 0 Å². The Bertz CT molecular complexity index is 2910. The summed E-state index contributed by atoms with van der Waals surface area (Å²) in [5.41, 5.74) is 8.93. The van der Waals surface area contributed by atoms with Crippen LogP contribution in [0.4, 0.5) is 0 Å². The molecule has 0 saturated carbocycles. The lowest BCUT2D eigenvalue weighted by atomic mass is 10.00. The first kappa shape index (κ1) is 29.0. The molecule has 10 aromatic rings. The van der Waals surface area contributed by atoms with E-state index >= 15 is 0 Å². The number of hydrogen-bond donors (Lipinski definition) is 0. The molecule has 0 atom stereocenters. The summed E-state index contributed by atoms with van der Waals surface area (Å²) in [5, 5.41) is 6.77. The first-order valence-corrected chi connectivity index (χ1v) is 17.1. The van der Waals surface area contributed by atoms with Crippen molar-refractivity contribution in [3.05, 3.63) is 176 Å². The average molecular weight is 652 g/mol. The summed E-state index contributed by atoms with van der Waals surface area (Å²) in [6, 6.07) is 61.1. The molecule has 0 spiro atoms. The summed E-state index contributed by atoms with van der Waals surface area (Å²) in [6.07, 6.45) is 0. The molecule has 2 heterocycles. The fourth-order valence-corrected chi connectivity index (χ4v) is 7.09. The summed E-state index contributed by atoms with van der Waals surface area (Å²) in [6.45, 7) is 0. The molecule has 0 aliphatic rings. The first-order valence-electron chi connectivity index (χ1n) is 17.1. The minimum atomic E-state index is 0.599. The largest absolute Gasteiger partial charge is 0.456 e. The number of rotatable bonds is 5. The van der Waals surface area contributed by atoms with Crippen LogP contribution < -0.4 is 0 Å². The van der Waals surface area contributed by atoms with Gasteiger partial charge in [-0.2, -0.15) is 0 Å². The van der Waals surface area contributed by atoms with Crippen LogP contribution >= 0.6 is 0 Å². The summed E-state index contributed by atoms with van der Waals surface area (Å²) in [5.74, 6) is 1.84. The molecule has 10 rings (SSSR count). The summed E-state index contributed by atoms with van der Waals surface area (Å²) in [7, 11) is 0. The van der Waals surface area contributed by atoms with Gasteiger partial charge in [0, 0.05) is 27.5 Å². The SMILES string of the molecule is c1ccc(-c2ccc3c(c2)oc2cccc(-c4nc(-c5ccc(-c6ccc7ccccc7c6)cc5)nc(-c5ccc6ccccc6c5)n4)c23)cc1. The maximum atomic E-state index is 6.47. The van der Waals surface area contributed by atoms with Crippen LogP contribution in [0.3, 0.4) is 0 Å². The van der Waals surface area contributed by atoms with Gasteiger partial charge in [-0.05, 0) is 74.1 Å². The zero-order chi connectivity index (χ0) is 33.7. The molecular formula is C47H29N3O. The molecular weight excluding hydrogens is 623 g/mol. The maximum Gasteiger partial charge on any atom is 0.164 e. The van der Waals surface area contributed by atoms with Crippen molar-refractivity contribution in [2.75, 3.05) is 0 Å². The second-order valence-electron chi connectivity index (χ2n) is 12.9. The van der Waals surface area contributed by atoms with Gasteiger partial charge in [0.1, 0.15) is 11.2 Å². The molecule has 2 aromatic heterocycles. The zero-order valence-electron chi connectivity index (χ0n) is 27.5. The van der Waals surface area contributed by atoms with Crippen LogP contribution in [0, 0.1) is 0 Å². The lowest BCUT2D eigenvalue weighted by Gasteiger charge is -2.11. The minimum Gasteiger partial charge on any atom is -0.456 e. The molecule has 0 bridgehead atoms. The highest BCUT2D eigenvalue weighted by molar-refractivity contribution is 6.12. The van der Waals surface area contributed by atoms with E-state index in [1.165, 1.54) is 21.7 Å². The average Bonchev–Trinajstić information content (AvgIpc) is 3.59. The molecule has 0 radical (unpaired) electrons. The summed E-state index contributed by atoms with van der Waals surface area (Å²) in [4.78, 5) is 15.4. The van der Waals surface area contributed by atoms with Crippen LogP contribution in [0.5, 0.6) is 0 Å². The van der Waals surface area contributed by atoms with Gasteiger partial charge in [-0.1, -0.05) is 146 Å². The molecule has 0 saturated heterocycles. The van der Waals surface area contributed by atoms with Gasteiger partial charge >= 0.3 is 0 Å². The number of fused-ring (bicyclic) bond motifs is 5. The lowest BCUT2D eigenvalue weighted by molar-refractivity contribution is 0.669. The van der Waals surface area contributed by atoms with Crippen LogP contribution in [0.15, 0.2) is 180 Å². The Labute approximate surface area is 294 Å². The van der Waals surface area contributed by atoms with Gasteiger partial charge in [0.25, 0.3) is 0 Å². The fourth-order valence-electron chi connectivity index (χ4n) is 7.09. The third-order valence-electron chi connectivity index (χ3n) is 9.71. The number of nitrogens with zero attached hydrogens (tertiary/aromatic N) is 3. The van der Waals surface area contributed by atoms with E-state index in [1.807, 2.05) is 18.2 Å². The van der Waals surface area contributed by atoms with Crippen molar-refractivity contribution >= 4 is 43.5 Å². The lowest BCUT2D eigenvalue weighted by Crippen LogP contribution is -2.00. The Hall–Kier alpha value is -6.91. The molecule has 238 valence electrons. The van der Waals surface area contributed by atoms with Crippen LogP contribution in [-0.4, -0.2) is 15.0 Å². The Morgan fingerprint density at radius 3 is 1.59 bits per heavy atom. The number of aromatic nitrogens is 3. The third kappa shape index (κ3) is 5.22. The topological polar surface area (TPSA) is 51.8 Å². The Balaban J connectivity index is 1.13. The van der Waals surface area contributed by atoms with Crippen LogP contribution in [0.25, 0.3) is 99.9 Å². The second kappa shape index (κ2) is 11.9. The van der Waals surface area contributed by atoms with Gasteiger partial charge in [-0.25, -0.2) is 15.0 Å². The van der Waals surface area contributed by atoms with Crippen molar-refractivity contribution < 1.29 is 4.42 Å². The predicted molar refractivity (Wildman–Crippen MR) is 209 cm³/mol. The highest BCUT2D eigenvalue weighted by Crippen LogP contribution is 2.38. The second-order valence-corrected chi connectivity index (χ2v) is 12.9. The molecule has 0 N–H and O–H groups in total. The van der Waals surface area contributed by atoms with Crippen molar-refractivity contribution in [2.24, 2.45) is 0 Å². The highest BCUT2D eigenvalue weighted by Gasteiger charge is 2.18. The van der Waals surface area contributed by atoms with Crippen LogP contribution in [0.1, 0.15) is 0 Å². The van der Waals surface area contributed by atoms with Crippen LogP contribution in [0.2, 0.25) is 0 Å². The van der Waals surface area contributed by atoms with E-state index in [0.717, 1.165) is 60.7 Å². The molecule has 8 aromatic carbocycles. The normalized spacial score (nSPS) is 11.5. The Kier molecular flexibility index (Phi) is 6.78. The summed E-state index contributed by atoms with van der Waals surface area (Å²) >= 11 is 0. The van der Waals surface area contributed by atoms with E-state index in [4.69, 9.17) is 19.4 Å². The van der Waals surface area contributed by atoms with E-state index in [-0.39, 0.29) is 0 Å². The molecule has 4 nitrogen and oxygen atoms in total. The van der Waals surface area contributed by atoms with E-state index in [1.54, 1.807) is 0 Å². The van der Waals surface area contributed by atoms with Crippen molar-refractivity contribution in [3.63, 3.8) is 0 Å². The van der Waals surface area contributed by atoms with Crippen LogP contribution in [-0.2, 0) is 0 Å². The fraction of sp³-hybridized carbons (Fsp3) is 0. The maximum absolute atomic E-state index is 6.47. The van der Waals surface area contributed by atoms with Gasteiger partial charge in [0.05, 0.1) is 0 Å². The number of hydrogen-bond acceptors (Lipinski definition) is 4. The molecule has 0 amide bonds. The summed E-state index contributed by atoms with van der Waals surface area (Å²) < 4.78 is 6.47. The zero-order valence-corrected chi connectivity index (χ0v) is 27.5. The quantitative estimate of drug-likeness (QED) is 0.186. The number of furan rings is 1. The number of benzene rings is 8. The third-order valence-corrected chi connectivity index (χ3v) is 9.71. The molecule has 0 aliphatic heterocycles. The Morgan fingerprint density at radius 2 is 0.843 bits per heavy atom. The van der Waals surface area contributed by atoms with E-state index in [0.29, 0.717) is 17.5 Å². The smallest absolute Gasteiger partial charge is 0.164 e. The first-order chi connectivity index (χ1) is 25.2. The monoisotopic (exact) mass is 651 g/mol. The van der Waals surface area contributed by atoms with Gasteiger partial charge in [0.15, 0.2) is 17.5 Å². The van der Waals surface area contributed by atoms with Crippen molar-refractivity contribution in [1.82, 2.24) is 15.0 Å². The molecule has 0 unspecified atom stereocenters. The molecule has 0 aliphatic carbocycles. The minimum absolute atomic E-state index is 0.599. The van der Waals surface area contributed by atoms with E-state index in [9.17, 15) is 0 Å². The van der Waals surface area contributed by atoms with Crippen molar-refractivity contribution in [2.45, 2.75) is 0 Å². The highest BCUT2D eigenvalue weighted by atomic mass is 16.3. The molecule has 51 heavy (non-hydrogen) atoms. The van der Waals surface area contributed by atoms with E-state index in [2.05, 4.69) is 158 Å². The van der Waals surface area contributed by atoms with Gasteiger partial charge in [-0.3, -0.25) is 0 Å². The van der Waals surface area contributed by atoms with E-state index < -0.39 is 0 Å².